The number of benzene rings is 1. The minimum Gasteiger partial charge on any atom is -0.372 e. The maximum Gasteiger partial charge on any atom is 0.269 e. The molecule has 2 rings (SSSR count). The van der Waals surface area contributed by atoms with E-state index in [9.17, 15) is 14.9 Å². The maximum absolute atomic E-state index is 11.7. The topological polar surface area (TPSA) is 72.7 Å². The number of hydrogen-bond acceptors (Lipinski definition) is 4. The first kappa shape index (κ1) is 11.5. The van der Waals surface area contributed by atoms with E-state index in [0.717, 1.165) is 6.42 Å². The average molecular weight is 236 g/mol. The lowest BCUT2D eigenvalue weighted by molar-refractivity contribution is -0.384. The van der Waals surface area contributed by atoms with Crippen LogP contribution in [0.4, 0.5) is 11.4 Å². The summed E-state index contributed by atoms with van der Waals surface area (Å²) in [6.45, 7) is 1.21. The van der Waals surface area contributed by atoms with Gasteiger partial charge in [-0.25, -0.2) is 0 Å². The molecular weight excluding hydrogens is 224 g/mol. The SMILES string of the molecule is O=C1COCCCN1c1ccc([N+](=O)[O-])cc1. The van der Waals surface area contributed by atoms with E-state index in [-0.39, 0.29) is 18.2 Å². The van der Waals surface area contributed by atoms with Gasteiger partial charge in [0.2, 0.25) is 0 Å². The average Bonchev–Trinajstić information content (AvgIpc) is 2.54. The Bertz CT molecular complexity index is 430. The van der Waals surface area contributed by atoms with Crippen LogP contribution in [0, 0.1) is 10.1 Å². The second-order valence-corrected chi connectivity index (χ2v) is 3.73. The number of carbonyl (C=O) groups excluding carboxylic acids is 1. The molecule has 0 aliphatic carbocycles. The molecule has 1 aliphatic heterocycles. The molecule has 1 aromatic carbocycles. The summed E-state index contributed by atoms with van der Waals surface area (Å²) in [4.78, 5) is 23.3. The molecule has 1 saturated heterocycles. The van der Waals surface area contributed by atoms with Crippen molar-refractivity contribution < 1.29 is 14.5 Å². The van der Waals surface area contributed by atoms with Gasteiger partial charge in [0.05, 0.1) is 4.92 Å². The minimum absolute atomic E-state index is 0.0206. The third kappa shape index (κ3) is 2.59. The first-order valence-electron chi connectivity index (χ1n) is 5.31. The summed E-state index contributed by atoms with van der Waals surface area (Å²) in [6.07, 6.45) is 0.767. The largest absolute Gasteiger partial charge is 0.372 e. The van der Waals surface area contributed by atoms with Crippen LogP contribution in [0.2, 0.25) is 0 Å². The molecule has 0 radical (unpaired) electrons. The molecule has 0 N–H and O–H groups in total. The molecule has 1 amide bonds. The van der Waals surface area contributed by atoms with Gasteiger partial charge in [0.25, 0.3) is 11.6 Å². The quantitative estimate of drug-likeness (QED) is 0.574. The Kier molecular flexibility index (Phi) is 3.34. The van der Waals surface area contributed by atoms with E-state index >= 15 is 0 Å². The van der Waals surface area contributed by atoms with Gasteiger partial charge in [-0.05, 0) is 18.6 Å². The molecule has 1 aromatic rings. The van der Waals surface area contributed by atoms with Crippen LogP contribution in [0.3, 0.4) is 0 Å². The van der Waals surface area contributed by atoms with Gasteiger partial charge in [-0.15, -0.1) is 0 Å². The highest BCUT2D eigenvalue weighted by atomic mass is 16.6. The van der Waals surface area contributed by atoms with E-state index in [2.05, 4.69) is 0 Å². The Morgan fingerprint density at radius 1 is 1.29 bits per heavy atom. The van der Waals surface area contributed by atoms with Crippen molar-refractivity contribution in [2.45, 2.75) is 6.42 Å². The molecular formula is C11H12N2O4. The zero-order valence-electron chi connectivity index (χ0n) is 9.17. The molecule has 90 valence electrons. The van der Waals surface area contributed by atoms with Gasteiger partial charge < -0.3 is 9.64 Å². The maximum atomic E-state index is 11.7. The lowest BCUT2D eigenvalue weighted by Crippen LogP contribution is -2.32. The molecule has 0 saturated carbocycles. The zero-order valence-corrected chi connectivity index (χ0v) is 9.17. The summed E-state index contributed by atoms with van der Waals surface area (Å²) in [5, 5.41) is 10.5. The Hall–Kier alpha value is -1.95. The second kappa shape index (κ2) is 4.92. The standard InChI is InChI=1S/C11H12N2O4/c14-11-8-17-7-1-6-12(11)9-2-4-10(5-3-9)13(15)16/h2-5H,1,6-8H2. The fourth-order valence-electron chi connectivity index (χ4n) is 1.71. The molecule has 0 atom stereocenters. The van der Waals surface area contributed by atoms with Crippen LogP contribution in [0.25, 0.3) is 0 Å². The van der Waals surface area contributed by atoms with Crippen molar-refractivity contribution >= 4 is 17.3 Å². The number of ether oxygens (including phenoxy) is 1. The van der Waals surface area contributed by atoms with Crippen molar-refractivity contribution in [3.8, 4) is 0 Å². The second-order valence-electron chi connectivity index (χ2n) is 3.73. The lowest BCUT2D eigenvalue weighted by Gasteiger charge is -2.19. The van der Waals surface area contributed by atoms with Crippen LogP contribution in [-0.4, -0.2) is 30.6 Å². The number of nitro groups is 1. The van der Waals surface area contributed by atoms with Crippen LogP contribution in [-0.2, 0) is 9.53 Å². The predicted molar refractivity (Wildman–Crippen MR) is 60.9 cm³/mol. The number of anilines is 1. The van der Waals surface area contributed by atoms with E-state index in [1.54, 1.807) is 17.0 Å². The molecule has 0 aromatic heterocycles. The number of non-ortho nitro benzene ring substituents is 1. The number of nitrogens with zero attached hydrogens (tertiary/aromatic N) is 2. The van der Waals surface area contributed by atoms with E-state index in [4.69, 9.17) is 4.74 Å². The van der Waals surface area contributed by atoms with Gasteiger partial charge in [-0.2, -0.15) is 0 Å². The highest BCUT2D eigenvalue weighted by molar-refractivity contribution is 5.94. The summed E-state index contributed by atoms with van der Waals surface area (Å²) in [5.41, 5.74) is 0.693. The third-order valence-electron chi connectivity index (χ3n) is 2.57. The Morgan fingerprint density at radius 2 is 2.00 bits per heavy atom. The summed E-state index contributed by atoms with van der Waals surface area (Å²) in [5.74, 6) is -0.114. The highest BCUT2D eigenvalue weighted by Gasteiger charge is 2.19. The monoisotopic (exact) mass is 236 g/mol. The van der Waals surface area contributed by atoms with E-state index in [1.807, 2.05) is 0 Å². The van der Waals surface area contributed by atoms with Crippen LogP contribution in [0.15, 0.2) is 24.3 Å². The molecule has 6 nitrogen and oxygen atoms in total. The predicted octanol–water partition coefficient (Wildman–Crippen LogP) is 1.35. The summed E-state index contributed by atoms with van der Waals surface area (Å²) in [7, 11) is 0. The zero-order chi connectivity index (χ0) is 12.3. The molecule has 0 bridgehead atoms. The van der Waals surface area contributed by atoms with Gasteiger partial charge in [0.15, 0.2) is 0 Å². The Labute approximate surface area is 97.9 Å². The van der Waals surface area contributed by atoms with Crippen LogP contribution in [0.1, 0.15) is 6.42 Å². The molecule has 0 unspecified atom stereocenters. The van der Waals surface area contributed by atoms with Gasteiger partial charge in [0.1, 0.15) is 6.61 Å². The van der Waals surface area contributed by atoms with Crippen LogP contribution in [0.5, 0.6) is 0 Å². The smallest absolute Gasteiger partial charge is 0.269 e. The van der Waals surface area contributed by atoms with Crippen molar-refractivity contribution in [1.82, 2.24) is 0 Å². The van der Waals surface area contributed by atoms with Crippen molar-refractivity contribution in [2.24, 2.45) is 0 Å². The number of carbonyl (C=O) groups is 1. The summed E-state index contributed by atoms with van der Waals surface area (Å²) in [6, 6.07) is 5.96. The van der Waals surface area contributed by atoms with Crippen molar-refractivity contribution in [3.05, 3.63) is 34.4 Å². The lowest BCUT2D eigenvalue weighted by atomic mass is 10.2. The Balaban J connectivity index is 2.20. The van der Waals surface area contributed by atoms with Gasteiger partial charge >= 0.3 is 0 Å². The number of amides is 1. The van der Waals surface area contributed by atoms with Crippen molar-refractivity contribution in [3.63, 3.8) is 0 Å². The molecule has 0 spiro atoms. The van der Waals surface area contributed by atoms with E-state index in [0.29, 0.717) is 18.8 Å². The van der Waals surface area contributed by atoms with Crippen molar-refractivity contribution in [2.75, 3.05) is 24.7 Å². The van der Waals surface area contributed by atoms with E-state index in [1.165, 1.54) is 12.1 Å². The summed E-state index contributed by atoms with van der Waals surface area (Å²) < 4.78 is 5.12. The Morgan fingerprint density at radius 3 is 2.65 bits per heavy atom. The van der Waals surface area contributed by atoms with Crippen molar-refractivity contribution in [1.29, 1.82) is 0 Å². The molecule has 6 heteroatoms. The molecule has 1 aliphatic rings. The third-order valence-corrected chi connectivity index (χ3v) is 2.57. The number of hydrogen-bond donors (Lipinski definition) is 0. The molecule has 17 heavy (non-hydrogen) atoms. The van der Waals surface area contributed by atoms with Gasteiger partial charge in [-0.1, -0.05) is 0 Å². The van der Waals surface area contributed by atoms with Crippen LogP contribution >= 0.6 is 0 Å². The highest BCUT2D eigenvalue weighted by Crippen LogP contribution is 2.20. The molecule has 1 heterocycles. The fourth-order valence-corrected chi connectivity index (χ4v) is 1.71. The van der Waals surface area contributed by atoms with Gasteiger partial charge in [-0.3, -0.25) is 14.9 Å². The summed E-state index contributed by atoms with van der Waals surface area (Å²) >= 11 is 0. The fraction of sp³-hybridized carbons (Fsp3) is 0.364. The van der Waals surface area contributed by atoms with Crippen LogP contribution < -0.4 is 4.90 Å². The first-order chi connectivity index (χ1) is 8.18. The first-order valence-corrected chi connectivity index (χ1v) is 5.31. The van der Waals surface area contributed by atoms with Gasteiger partial charge in [0, 0.05) is 31.0 Å². The minimum atomic E-state index is -0.461. The number of nitro benzene ring substituents is 1. The number of rotatable bonds is 2. The normalized spacial score (nSPS) is 16.7. The molecule has 1 fully saturated rings. The van der Waals surface area contributed by atoms with E-state index < -0.39 is 4.92 Å².